The van der Waals surface area contributed by atoms with Crippen LogP contribution in [0.15, 0.2) is 24.3 Å². The Balaban J connectivity index is 1.98. The van der Waals surface area contributed by atoms with E-state index in [1.54, 1.807) is 0 Å². The van der Waals surface area contributed by atoms with Crippen molar-refractivity contribution in [1.29, 1.82) is 0 Å². The minimum absolute atomic E-state index is 0.131. The van der Waals surface area contributed by atoms with E-state index >= 15 is 0 Å². The molecule has 0 bridgehead atoms. The minimum Gasteiger partial charge on any atom is -0.396 e. The average molecular weight is 319 g/mol. The number of amides is 3. The second-order valence-corrected chi connectivity index (χ2v) is 5.74. The Morgan fingerprint density at radius 2 is 2.13 bits per heavy atom. The highest BCUT2D eigenvalue weighted by Gasteiger charge is 2.32. The quantitative estimate of drug-likeness (QED) is 0.747. The maximum absolute atomic E-state index is 12.4. The van der Waals surface area contributed by atoms with E-state index in [2.05, 4.69) is 17.6 Å². The number of rotatable bonds is 6. The first-order valence-corrected chi connectivity index (χ1v) is 8.21. The van der Waals surface area contributed by atoms with Gasteiger partial charge in [0.25, 0.3) is 0 Å². The third-order valence-corrected chi connectivity index (χ3v) is 4.02. The van der Waals surface area contributed by atoms with Crippen LogP contribution in [0.4, 0.5) is 10.5 Å². The number of piperazine rings is 1. The SMILES string of the molecule is CCCCc1ccc(NC(=O)N2CCNC(=O)[C@@H]2CCO)cc1. The van der Waals surface area contributed by atoms with Crippen molar-refractivity contribution >= 4 is 17.6 Å². The molecule has 3 amide bonds. The van der Waals surface area contributed by atoms with Crippen molar-refractivity contribution in [3.8, 4) is 0 Å². The first-order chi connectivity index (χ1) is 11.2. The molecule has 1 aromatic carbocycles. The van der Waals surface area contributed by atoms with Crippen molar-refractivity contribution in [1.82, 2.24) is 10.2 Å². The van der Waals surface area contributed by atoms with E-state index in [9.17, 15) is 9.59 Å². The lowest BCUT2D eigenvalue weighted by molar-refractivity contribution is -0.128. The summed E-state index contributed by atoms with van der Waals surface area (Å²) in [5.74, 6) is -0.213. The van der Waals surface area contributed by atoms with Crippen molar-refractivity contribution in [2.24, 2.45) is 0 Å². The highest BCUT2D eigenvalue weighted by molar-refractivity contribution is 5.94. The summed E-state index contributed by atoms with van der Waals surface area (Å²) in [5.41, 5.74) is 1.96. The summed E-state index contributed by atoms with van der Waals surface area (Å²) in [6, 6.07) is 6.87. The van der Waals surface area contributed by atoms with Gasteiger partial charge in [-0.05, 0) is 37.0 Å². The molecule has 0 radical (unpaired) electrons. The Morgan fingerprint density at radius 1 is 1.39 bits per heavy atom. The summed E-state index contributed by atoms with van der Waals surface area (Å²) in [5, 5.41) is 14.6. The largest absolute Gasteiger partial charge is 0.396 e. The molecule has 0 unspecified atom stereocenters. The first kappa shape index (κ1) is 17.3. The van der Waals surface area contributed by atoms with Gasteiger partial charge in [-0.1, -0.05) is 25.5 Å². The molecule has 0 spiro atoms. The van der Waals surface area contributed by atoms with E-state index < -0.39 is 6.04 Å². The van der Waals surface area contributed by atoms with Crippen LogP contribution < -0.4 is 10.6 Å². The molecular formula is C17H25N3O3. The maximum atomic E-state index is 12.4. The number of hydrogen-bond donors (Lipinski definition) is 3. The summed E-state index contributed by atoms with van der Waals surface area (Å²) < 4.78 is 0. The van der Waals surface area contributed by atoms with Crippen molar-refractivity contribution in [3.05, 3.63) is 29.8 Å². The minimum atomic E-state index is -0.613. The smallest absolute Gasteiger partial charge is 0.322 e. The Morgan fingerprint density at radius 3 is 2.78 bits per heavy atom. The molecule has 1 saturated heterocycles. The number of anilines is 1. The van der Waals surface area contributed by atoms with Gasteiger partial charge in [0.2, 0.25) is 5.91 Å². The second-order valence-electron chi connectivity index (χ2n) is 5.74. The van der Waals surface area contributed by atoms with E-state index in [1.807, 2.05) is 24.3 Å². The van der Waals surface area contributed by atoms with Crippen LogP contribution in [0.3, 0.4) is 0 Å². The number of unbranched alkanes of at least 4 members (excludes halogenated alkanes) is 1. The Labute approximate surface area is 136 Å². The van der Waals surface area contributed by atoms with Gasteiger partial charge in [0.15, 0.2) is 0 Å². The van der Waals surface area contributed by atoms with Gasteiger partial charge >= 0.3 is 6.03 Å². The molecule has 1 aliphatic heterocycles. The molecule has 6 heteroatoms. The van der Waals surface area contributed by atoms with Crippen molar-refractivity contribution in [2.75, 3.05) is 25.0 Å². The zero-order chi connectivity index (χ0) is 16.7. The van der Waals surface area contributed by atoms with E-state index in [1.165, 1.54) is 10.5 Å². The van der Waals surface area contributed by atoms with E-state index in [4.69, 9.17) is 5.11 Å². The van der Waals surface area contributed by atoms with Gasteiger partial charge < -0.3 is 20.6 Å². The number of nitrogens with one attached hydrogen (secondary N) is 2. The van der Waals surface area contributed by atoms with Gasteiger partial charge in [0.1, 0.15) is 6.04 Å². The predicted octanol–water partition coefficient (Wildman–Crippen LogP) is 1.74. The van der Waals surface area contributed by atoms with E-state index in [-0.39, 0.29) is 25.0 Å². The van der Waals surface area contributed by atoms with Crippen LogP contribution in [-0.2, 0) is 11.2 Å². The van der Waals surface area contributed by atoms with Gasteiger partial charge in [-0.2, -0.15) is 0 Å². The molecule has 23 heavy (non-hydrogen) atoms. The van der Waals surface area contributed by atoms with Crippen LogP contribution in [0.25, 0.3) is 0 Å². The molecule has 0 saturated carbocycles. The molecule has 1 fully saturated rings. The molecule has 1 aromatic rings. The van der Waals surface area contributed by atoms with E-state index in [0.29, 0.717) is 18.8 Å². The topological polar surface area (TPSA) is 81.7 Å². The third-order valence-electron chi connectivity index (χ3n) is 4.02. The number of nitrogens with zero attached hydrogens (tertiary/aromatic N) is 1. The fraction of sp³-hybridized carbons (Fsp3) is 0.529. The second kappa shape index (κ2) is 8.53. The molecule has 126 valence electrons. The Kier molecular flexibility index (Phi) is 6.40. The standard InChI is InChI=1S/C17H25N3O3/c1-2-3-4-13-5-7-14(8-6-13)19-17(23)20-11-10-18-16(22)15(20)9-12-21/h5-8,15,21H,2-4,9-12H2,1H3,(H,18,22)(H,19,23)/t15-/m0/s1. The molecule has 1 atom stereocenters. The number of aryl methyl sites for hydroxylation is 1. The number of carbonyl (C=O) groups is 2. The Hall–Kier alpha value is -2.08. The normalized spacial score (nSPS) is 17.7. The van der Waals surface area contributed by atoms with Gasteiger partial charge in [-0.3, -0.25) is 4.79 Å². The monoisotopic (exact) mass is 319 g/mol. The number of benzene rings is 1. The van der Waals surface area contributed by atoms with Crippen molar-refractivity contribution in [2.45, 2.75) is 38.6 Å². The van der Waals surface area contributed by atoms with Crippen LogP contribution in [0.2, 0.25) is 0 Å². The molecule has 1 aliphatic rings. The summed E-state index contributed by atoms with van der Waals surface area (Å²) in [6.45, 7) is 2.90. The maximum Gasteiger partial charge on any atom is 0.322 e. The van der Waals surface area contributed by atoms with Crippen molar-refractivity contribution in [3.63, 3.8) is 0 Å². The third kappa shape index (κ3) is 4.69. The summed E-state index contributed by atoms with van der Waals surface area (Å²) in [7, 11) is 0. The number of carbonyl (C=O) groups excluding carboxylic acids is 2. The molecule has 6 nitrogen and oxygen atoms in total. The fourth-order valence-corrected chi connectivity index (χ4v) is 2.70. The van der Waals surface area contributed by atoms with Crippen LogP contribution in [0.5, 0.6) is 0 Å². The molecule has 1 heterocycles. The van der Waals surface area contributed by atoms with Gasteiger partial charge in [-0.15, -0.1) is 0 Å². The lowest BCUT2D eigenvalue weighted by Gasteiger charge is -2.34. The first-order valence-electron chi connectivity index (χ1n) is 8.21. The van der Waals surface area contributed by atoms with Gasteiger partial charge in [0.05, 0.1) is 0 Å². The molecule has 0 aromatic heterocycles. The van der Waals surface area contributed by atoms with Crippen LogP contribution >= 0.6 is 0 Å². The molecule has 0 aliphatic carbocycles. The molecule has 3 N–H and O–H groups in total. The van der Waals surface area contributed by atoms with Crippen LogP contribution in [-0.4, -0.2) is 47.7 Å². The number of hydrogen-bond acceptors (Lipinski definition) is 3. The highest BCUT2D eigenvalue weighted by Crippen LogP contribution is 2.15. The fourth-order valence-electron chi connectivity index (χ4n) is 2.70. The molecule has 2 rings (SSSR count). The van der Waals surface area contributed by atoms with Crippen molar-refractivity contribution < 1.29 is 14.7 Å². The highest BCUT2D eigenvalue weighted by atomic mass is 16.3. The number of urea groups is 1. The predicted molar refractivity (Wildman–Crippen MR) is 89.3 cm³/mol. The lowest BCUT2D eigenvalue weighted by Crippen LogP contribution is -2.58. The Bertz CT molecular complexity index is 530. The zero-order valence-electron chi connectivity index (χ0n) is 13.5. The van der Waals surface area contributed by atoms with Gasteiger partial charge in [-0.25, -0.2) is 4.79 Å². The number of aliphatic hydroxyl groups is 1. The lowest BCUT2D eigenvalue weighted by atomic mass is 10.1. The average Bonchev–Trinajstić information content (AvgIpc) is 2.56. The van der Waals surface area contributed by atoms with Crippen LogP contribution in [0.1, 0.15) is 31.7 Å². The van der Waals surface area contributed by atoms with Gasteiger partial charge in [0, 0.05) is 25.4 Å². The summed E-state index contributed by atoms with van der Waals surface area (Å²) in [6.07, 6.45) is 3.59. The summed E-state index contributed by atoms with van der Waals surface area (Å²) in [4.78, 5) is 25.7. The summed E-state index contributed by atoms with van der Waals surface area (Å²) >= 11 is 0. The van der Waals surface area contributed by atoms with Crippen LogP contribution in [0, 0.1) is 0 Å². The van der Waals surface area contributed by atoms with E-state index in [0.717, 1.165) is 19.3 Å². The zero-order valence-corrected chi connectivity index (χ0v) is 13.5. The molecular weight excluding hydrogens is 294 g/mol. The number of aliphatic hydroxyl groups excluding tert-OH is 1.